The maximum atomic E-state index is 12.6. The maximum Gasteiger partial charge on any atom is 0.252 e. The van der Waals surface area contributed by atoms with Crippen molar-refractivity contribution in [3.05, 3.63) is 41.4 Å². The van der Waals surface area contributed by atoms with Crippen molar-refractivity contribution in [3.8, 4) is 0 Å². The minimum Gasteiger partial charge on any atom is -0.310 e. The standard InChI is InChI=1S/C16H19N3O3S2/c1-12-5-2-8-17-15(12)18-16(20)13-6-3-9-19(11-13)24(21,22)14-7-4-10-23-14/h2,4-5,7-8,10,13H,3,6,9,11H2,1H3,(H,17,18,20). The predicted octanol–water partition coefficient (Wildman–Crippen LogP) is 2.49. The molecule has 0 aliphatic carbocycles. The van der Waals surface area contributed by atoms with E-state index in [0.717, 1.165) is 5.56 Å². The van der Waals surface area contributed by atoms with E-state index in [1.165, 1.54) is 15.6 Å². The van der Waals surface area contributed by atoms with Gasteiger partial charge in [0.1, 0.15) is 10.0 Å². The normalized spacial score (nSPS) is 19.1. The second-order valence-corrected chi connectivity index (χ2v) is 8.90. The minimum absolute atomic E-state index is 0.178. The lowest BCUT2D eigenvalue weighted by Crippen LogP contribution is -2.43. The van der Waals surface area contributed by atoms with Crippen LogP contribution >= 0.6 is 11.3 Å². The van der Waals surface area contributed by atoms with Crippen molar-refractivity contribution in [2.75, 3.05) is 18.4 Å². The van der Waals surface area contributed by atoms with Crippen LogP contribution in [0, 0.1) is 12.8 Å². The van der Waals surface area contributed by atoms with Gasteiger partial charge in [-0.25, -0.2) is 13.4 Å². The van der Waals surface area contributed by atoms with Crippen molar-refractivity contribution < 1.29 is 13.2 Å². The topological polar surface area (TPSA) is 79.4 Å². The highest BCUT2D eigenvalue weighted by atomic mass is 32.2. The molecule has 24 heavy (non-hydrogen) atoms. The summed E-state index contributed by atoms with van der Waals surface area (Å²) in [6.45, 7) is 2.53. The second-order valence-electron chi connectivity index (χ2n) is 5.79. The van der Waals surface area contributed by atoms with Gasteiger partial charge in [0, 0.05) is 19.3 Å². The molecule has 1 aliphatic heterocycles. The molecule has 3 rings (SSSR count). The lowest BCUT2D eigenvalue weighted by Gasteiger charge is -2.30. The van der Waals surface area contributed by atoms with Crippen LogP contribution in [0.25, 0.3) is 0 Å². The molecule has 6 nitrogen and oxygen atoms in total. The molecule has 128 valence electrons. The number of rotatable bonds is 4. The lowest BCUT2D eigenvalue weighted by atomic mass is 9.99. The van der Waals surface area contributed by atoms with Gasteiger partial charge in [0.05, 0.1) is 5.92 Å². The summed E-state index contributed by atoms with van der Waals surface area (Å²) < 4.78 is 27.0. The van der Waals surface area contributed by atoms with Gasteiger partial charge in [0.15, 0.2) is 0 Å². The highest BCUT2D eigenvalue weighted by Gasteiger charge is 2.33. The van der Waals surface area contributed by atoms with Crippen LogP contribution < -0.4 is 5.32 Å². The number of piperidine rings is 1. The average Bonchev–Trinajstić information content (AvgIpc) is 3.12. The molecule has 2 aromatic rings. The van der Waals surface area contributed by atoms with Crippen molar-refractivity contribution in [3.63, 3.8) is 0 Å². The van der Waals surface area contributed by atoms with E-state index in [4.69, 9.17) is 0 Å². The fourth-order valence-electron chi connectivity index (χ4n) is 2.75. The Kier molecular flexibility index (Phi) is 4.98. The van der Waals surface area contributed by atoms with E-state index in [0.29, 0.717) is 29.4 Å². The summed E-state index contributed by atoms with van der Waals surface area (Å²) in [5, 5.41) is 4.56. The van der Waals surface area contributed by atoms with E-state index < -0.39 is 10.0 Å². The summed E-state index contributed by atoms with van der Waals surface area (Å²) in [7, 11) is -3.51. The molecule has 1 aliphatic rings. The zero-order chi connectivity index (χ0) is 17.2. The first-order valence-electron chi connectivity index (χ1n) is 7.74. The highest BCUT2D eigenvalue weighted by molar-refractivity contribution is 7.91. The van der Waals surface area contributed by atoms with Gasteiger partial charge in [-0.05, 0) is 42.8 Å². The summed E-state index contributed by atoms with van der Waals surface area (Å²) in [4.78, 5) is 16.7. The largest absolute Gasteiger partial charge is 0.310 e. The fourth-order valence-corrected chi connectivity index (χ4v) is 5.42. The number of carbonyl (C=O) groups is 1. The minimum atomic E-state index is -3.51. The van der Waals surface area contributed by atoms with E-state index in [-0.39, 0.29) is 18.4 Å². The van der Waals surface area contributed by atoms with Crippen LogP contribution in [-0.2, 0) is 14.8 Å². The number of anilines is 1. The number of aryl methyl sites for hydroxylation is 1. The number of sulfonamides is 1. The molecule has 0 radical (unpaired) electrons. The molecule has 0 aromatic carbocycles. The molecule has 2 aromatic heterocycles. The van der Waals surface area contributed by atoms with E-state index in [9.17, 15) is 13.2 Å². The summed E-state index contributed by atoms with van der Waals surface area (Å²) >= 11 is 1.20. The van der Waals surface area contributed by atoms with Crippen molar-refractivity contribution >= 4 is 33.1 Å². The third kappa shape index (κ3) is 3.50. The van der Waals surface area contributed by atoms with Gasteiger partial charge >= 0.3 is 0 Å². The van der Waals surface area contributed by atoms with Gasteiger partial charge in [-0.1, -0.05) is 12.1 Å². The molecule has 1 atom stereocenters. The van der Waals surface area contributed by atoms with Crippen molar-refractivity contribution in [1.82, 2.24) is 9.29 Å². The molecular formula is C16H19N3O3S2. The quantitative estimate of drug-likeness (QED) is 0.903. The first-order chi connectivity index (χ1) is 11.5. The first kappa shape index (κ1) is 17.1. The number of hydrogen-bond acceptors (Lipinski definition) is 5. The highest BCUT2D eigenvalue weighted by Crippen LogP contribution is 2.27. The van der Waals surface area contributed by atoms with Crippen LogP contribution in [0.2, 0.25) is 0 Å². The van der Waals surface area contributed by atoms with Crippen molar-refractivity contribution in [2.24, 2.45) is 5.92 Å². The number of pyridine rings is 1. The molecule has 0 spiro atoms. The van der Waals surface area contributed by atoms with Crippen LogP contribution in [-0.4, -0.2) is 36.7 Å². The summed E-state index contributed by atoms with van der Waals surface area (Å²) in [6.07, 6.45) is 2.97. The molecule has 1 unspecified atom stereocenters. The lowest BCUT2D eigenvalue weighted by molar-refractivity contribution is -0.120. The molecule has 1 N–H and O–H groups in total. The number of nitrogens with one attached hydrogen (secondary N) is 1. The number of hydrogen-bond donors (Lipinski definition) is 1. The van der Waals surface area contributed by atoms with Crippen molar-refractivity contribution in [1.29, 1.82) is 0 Å². The van der Waals surface area contributed by atoms with Gasteiger partial charge in [0.2, 0.25) is 5.91 Å². The van der Waals surface area contributed by atoms with Crippen LogP contribution in [0.5, 0.6) is 0 Å². The van der Waals surface area contributed by atoms with Gasteiger partial charge in [0.25, 0.3) is 10.0 Å². The van der Waals surface area contributed by atoms with E-state index >= 15 is 0 Å². The number of aromatic nitrogens is 1. The second kappa shape index (κ2) is 7.00. The molecular weight excluding hydrogens is 346 g/mol. The Balaban J connectivity index is 1.72. The van der Waals surface area contributed by atoms with E-state index in [1.54, 1.807) is 29.8 Å². The monoisotopic (exact) mass is 365 g/mol. The molecule has 1 fully saturated rings. The Morgan fingerprint density at radius 2 is 2.21 bits per heavy atom. The zero-order valence-corrected chi connectivity index (χ0v) is 14.9. The molecule has 0 saturated carbocycles. The van der Waals surface area contributed by atoms with Gasteiger partial charge in [-0.15, -0.1) is 11.3 Å². The summed E-state index contributed by atoms with van der Waals surface area (Å²) in [6, 6.07) is 6.99. The molecule has 3 heterocycles. The Morgan fingerprint density at radius 1 is 1.38 bits per heavy atom. The van der Waals surface area contributed by atoms with Gasteiger partial charge < -0.3 is 5.32 Å². The van der Waals surface area contributed by atoms with Crippen molar-refractivity contribution in [2.45, 2.75) is 24.0 Å². The van der Waals surface area contributed by atoms with Crippen LogP contribution in [0.3, 0.4) is 0 Å². The van der Waals surface area contributed by atoms with E-state index in [2.05, 4.69) is 10.3 Å². The molecule has 1 saturated heterocycles. The average molecular weight is 365 g/mol. The number of carbonyl (C=O) groups excluding carboxylic acids is 1. The number of nitrogens with zero attached hydrogens (tertiary/aromatic N) is 2. The summed E-state index contributed by atoms with van der Waals surface area (Å²) in [5.74, 6) is -0.0153. The zero-order valence-electron chi connectivity index (χ0n) is 13.3. The van der Waals surface area contributed by atoms with Crippen LogP contribution in [0.1, 0.15) is 18.4 Å². The SMILES string of the molecule is Cc1cccnc1NC(=O)C1CCCN(S(=O)(=O)c2cccs2)C1. The Bertz CT molecular complexity index is 819. The summed E-state index contributed by atoms with van der Waals surface area (Å²) in [5.41, 5.74) is 0.879. The van der Waals surface area contributed by atoms with E-state index in [1.807, 2.05) is 13.0 Å². The molecule has 1 amide bonds. The third-order valence-corrected chi connectivity index (χ3v) is 7.33. The third-order valence-electron chi connectivity index (χ3n) is 4.10. The first-order valence-corrected chi connectivity index (χ1v) is 10.1. The van der Waals surface area contributed by atoms with Crippen LogP contribution in [0.4, 0.5) is 5.82 Å². The Labute approximate surface area is 145 Å². The van der Waals surface area contributed by atoms with Crippen LogP contribution in [0.15, 0.2) is 40.1 Å². The van der Waals surface area contributed by atoms with Gasteiger partial charge in [-0.2, -0.15) is 4.31 Å². The Morgan fingerprint density at radius 3 is 2.92 bits per heavy atom. The molecule has 8 heteroatoms. The number of thiophene rings is 1. The maximum absolute atomic E-state index is 12.6. The predicted molar refractivity (Wildman–Crippen MR) is 93.4 cm³/mol. The molecule has 0 bridgehead atoms. The smallest absolute Gasteiger partial charge is 0.252 e. The number of amides is 1. The Hall–Kier alpha value is -1.77. The van der Waals surface area contributed by atoms with Gasteiger partial charge in [-0.3, -0.25) is 4.79 Å². The fraction of sp³-hybridized carbons (Fsp3) is 0.375.